The molecule has 126 valence electrons. The molecule has 6 nitrogen and oxygen atoms in total. The van der Waals surface area contributed by atoms with E-state index in [1.54, 1.807) is 0 Å². The van der Waals surface area contributed by atoms with Crippen LogP contribution in [0.5, 0.6) is 0 Å². The monoisotopic (exact) mass is 326 g/mol. The molecule has 0 unspecified atom stereocenters. The van der Waals surface area contributed by atoms with Crippen molar-refractivity contribution in [2.45, 2.75) is 50.4 Å². The predicted octanol–water partition coefficient (Wildman–Crippen LogP) is 2.69. The Labute approximate surface area is 141 Å². The van der Waals surface area contributed by atoms with Gasteiger partial charge < -0.3 is 9.15 Å². The second kappa shape index (κ2) is 5.93. The van der Waals surface area contributed by atoms with Crippen molar-refractivity contribution in [3.05, 3.63) is 41.9 Å². The molecule has 2 aromatic heterocycles. The Hall–Kier alpha value is -1.79. The first kappa shape index (κ1) is 14.5. The minimum atomic E-state index is -0.0187. The van der Waals surface area contributed by atoms with Crippen LogP contribution in [0.2, 0.25) is 0 Å². The molecule has 3 aliphatic rings. The summed E-state index contributed by atoms with van der Waals surface area (Å²) in [7, 11) is 0. The van der Waals surface area contributed by atoms with Gasteiger partial charge in [-0.2, -0.15) is 0 Å². The van der Waals surface area contributed by atoms with Gasteiger partial charge >= 0.3 is 0 Å². The summed E-state index contributed by atoms with van der Waals surface area (Å²) in [6, 6.07) is 6.09. The molecule has 2 aromatic rings. The predicted molar refractivity (Wildman–Crippen MR) is 86.1 cm³/mol. The van der Waals surface area contributed by atoms with Crippen molar-refractivity contribution in [2.24, 2.45) is 5.92 Å². The molecule has 3 atom stereocenters. The molecule has 0 radical (unpaired) electrons. The lowest BCUT2D eigenvalue weighted by atomic mass is 9.91. The lowest BCUT2D eigenvalue weighted by Crippen LogP contribution is -2.41. The van der Waals surface area contributed by atoms with E-state index in [9.17, 15) is 0 Å². The highest BCUT2D eigenvalue weighted by Gasteiger charge is 2.42. The van der Waals surface area contributed by atoms with Gasteiger partial charge in [0.15, 0.2) is 0 Å². The molecule has 6 heteroatoms. The minimum Gasteiger partial charge on any atom is -0.422 e. The normalized spacial score (nSPS) is 30.4. The lowest BCUT2D eigenvalue weighted by Gasteiger charge is -2.33. The number of hydrogen-bond donors (Lipinski definition) is 0. The number of rotatable bonds is 4. The standard InChI is InChI=1S/C18H22N4O2/c1-2-7-19-14(3-1)10-22-8-6-13-9-15(23-16(13)11-22)18-21-20-17(24-18)12-4-5-12/h1-3,7,12-13,15-16H,4-6,8-11H2/t13-,15+,16+/m1/s1. The first-order valence-corrected chi connectivity index (χ1v) is 8.96. The Morgan fingerprint density at radius 2 is 2.04 bits per heavy atom. The van der Waals surface area contributed by atoms with Crippen LogP contribution in [0.4, 0.5) is 0 Å². The quantitative estimate of drug-likeness (QED) is 0.861. The van der Waals surface area contributed by atoms with Gasteiger partial charge in [0, 0.05) is 25.2 Å². The number of hydrogen-bond acceptors (Lipinski definition) is 6. The SMILES string of the molecule is c1ccc(CN2CC[C@@H]3C[C@@H](c4nnc(C5CC5)o4)O[C@H]3C2)nc1. The molecule has 0 spiro atoms. The third-order valence-electron chi connectivity index (χ3n) is 5.41. The molecule has 0 bridgehead atoms. The third kappa shape index (κ3) is 2.84. The van der Waals surface area contributed by atoms with Crippen molar-refractivity contribution in [2.75, 3.05) is 13.1 Å². The number of nitrogens with zero attached hydrogens (tertiary/aromatic N) is 4. The fourth-order valence-corrected chi connectivity index (χ4v) is 3.89. The molecule has 0 N–H and O–H groups in total. The average molecular weight is 326 g/mol. The summed E-state index contributed by atoms with van der Waals surface area (Å²) in [5.74, 6) is 2.60. The first-order valence-electron chi connectivity index (χ1n) is 8.96. The Morgan fingerprint density at radius 1 is 1.12 bits per heavy atom. The minimum absolute atomic E-state index is 0.0187. The molecule has 2 aliphatic heterocycles. The molecule has 4 heterocycles. The van der Waals surface area contributed by atoms with E-state index in [1.165, 1.54) is 12.8 Å². The van der Waals surface area contributed by atoms with E-state index in [0.717, 1.165) is 44.1 Å². The number of pyridine rings is 1. The van der Waals surface area contributed by atoms with E-state index in [-0.39, 0.29) is 12.2 Å². The number of likely N-dealkylation sites (tertiary alicyclic amines) is 1. The summed E-state index contributed by atoms with van der Waals surface area (Å²) in [6.45, 7) is 2.96. The van der Waals surface area contributed by atoms with Crippen molar-refractivity contribution in [3.8, 4) is 0 Å². The summed E-state index contributed by atoms with van der Waals surface area (Å²) in [4.78, 5) is 6.87. The van der Waals surface area contributed by atoms with Gasteiger partial charge in [-0.25, -0.2) is 0 Å². The smallest absolute Gasteiger partial charge is 0.245 e. The molecule has 0 amide bonds. The molecule has 1 aliphatic carbocycles. The molecule has 5 rings (SSSR count). The van der Waals surface area contributed by atoms with E-state index in [1.807, 2.05) is 18.3 Å². The molecule has 2 saturated heterocycles. The maximum atomic E-state index is 6.27. The Balaban J connectivity index is 1.23. The van der Waals surface area contributed by atoms with Crippen LogP contribution in [-0.4, -0.2) is 39.3 Å². The highest BCUT2D eigenvalue weighted by Crippen LogP contribution is 2.43. The number of aromatic nitrogens is 3. The molecule has 1 saturated carbocycles. The number of ether oxygens (including phenoxy) is 1. The second-order valence-electron chi connectivity index (χ2n) is 7.26. The first-order chi connectivity index (χ1) is 11.8. The van der Waals surface area contributed by atoms with Crippen molar-refractivity contribution in [1.29, 1.82) is 0 Å². The van der Waals surface area contributed by atoms with Gasteiger partial charge in [-0.1, -0.05) is 6.07 Å². The Bertz CT molecular complexity index is 700. The van der Waals surface area contributed by atoms with Crippen molar-refractivity contribution in [3.63, 3.8) is 0 Å². The summed E-state index contributed by atoms with van der Waals surface area (Å²) in [6.07, 6.45) is 6.64. The van der Waals surface area contributed by atoms with Crippen LogP contribution in [0.1, 0.15) is 55.2 Å². The van der Waals surface area contributed by atoms with E-state index in [2.05, 4.69) is 26.1 Å². The summed E-state index contributed by atoms with van der Waals surface area (Å²) < 4.78 is 12.1. The fourth-order valence-electron chi connectivity index (χ4n) is 3.89. The zero-order valence-electron chi connectivity index (χ0n) is 13.7. The van der Waals surface area contributed by atoms with Gasteiger partial charge in [0.1, 0.15) is 6.10 Å². The van der Waals surface area contributed by atoms with Gasteiger partial charge in [0.2, 0.25) is 11.8 Å². The summed E-state index contributed by atoms with van der Waals surface area (Å²) in [5, 5.41) is 8.43. The Kier molecular flexibility index (Phi) is 3.60. The largest absolute Gasteiger partial charge is 0.422 e. The topological polar surface area (TPSA) is 64.3 Å². The van der Waals surface area contributed by atoms with Crippen LogP contribution in [0.15, 0.2) is 28.8 Å². The third-order valence-corrected chi connectivity index (χ3v) is 5.41. The highest BCUT2D eigenvalue weighted by molar-refractivity contribution is 5.05. The van der Waals surface area contributed by atoms with Gasteiger partial charge in [-0.15, -0.1) is 10.2 Å². The summed E-state index contributed by atoms with van der Waals surface area (Å²) in [5.41, 5.74) is 1.12. The van der Waals surface area contributed by atoms with Crippen LogP contribution >= 0.6 is 0 Å². The molecule has 3 fully saturated rings. The molecular formula is C18H22N4O2. The molecule has 0 aromatic carbocycles. The van der Waals surface area contributed by atoms with E-state index in [4.69, 9.17) is 9.15 Å². The van der Waals surface area contributed by atoms with Gasteiger partial charge in [-0.05, 0) is 50.3 Å². The maximum Gasteiger partial charge on any atom is 0.245 e. The van der Waals surface area contributed by atoms with Crippen LogP contribution < -0.4 is 0 Å². The van der Waals surface area contributed by atoms with Gasteiger partial charge in [0.25, 0.3) is 0 Å². The lowest BCUT2D eigenvalue weighted by molar-refractivity contribution is -0.0179. The van der Waals surface area contributed by atoms with Crippen LogP contribution in [0, 0.1) is 5.92 Å². The van der Waals surface area contributed by atoms with E-state index >= 15 is 0 Å². The van der Waals surface area contributed by atoms with Crippen molar-refractivity contribution < 1.29 is 9.15 Å². The Morgan fingerprint density at radius 3 is 2.88 bits per heavy atom. The zero-order chi connectivity index (χ0) is 15.9. The van der Waals surface area contributed by atoms with Crippen molar-refractivity contribution in [1.82, 2.24) is 20.1 Å². The maximum absolute atomic E-state index is 6.27. The fraction of sp³-hybridized carbons (Fsp3) is 0.611. The summed E-state index contributed by atoms with van der Waals surface area (Å²) >= 11 is 0. The molecular weight excluding hydrogens is 304 g/mol. The van der Waals surface area contributed by atoms with Gasteiger partial charge in [0.05, 0.1) is 11.8 Å². The molecule has 24 heavy (non-hydrogen) atoms. The van der Waals surface area contributed by atoms with E-state index in [0.29, 0.717) is 17.7 Å². The number of fused-ring (bicyclic) bond motifs is 1. The number of piperidine rings is 1. The highest BCUT2D eigenvalue weighted by atomic mass is 16.5. The van der Waals surface area contributed by atoms with E-state index < -0.39 is 0 Å². The van der Waals surface area contributed by atoms with Crippen molar-refractivity contribution >= 4 is 0 Å². The second-order valence-corrected chi connectivity index (χ2v) is 7.26. The van der Waals surface area contributed by atoms with Crippen LogP contribution in [0.3, 0.4) is 0 Å². The van der Waals surface area contributed by atoms with Crippen LogP contribution in [0.25, 0.3) is 0 Å². The average Bonchev–Trinajstić information content (AvgIpc) is 3.19. The van der Waals surface area contributed by atoms with Gasteiger partial charge in [-0.3, -0.25) is 9.88 Å². The van der Waals surface area contributed by atoms with Crippen LogP contribution in [-0.2, 0) is 11.3 Å². The zero-order valence-corrected chi connectivity index (χ0v) is 13.7.